The quantitative estimate of drug-likeness (QED) is 0.399. The summed E-state index contributed by atoms with van der Waals surface area (Å²) in [6.45, 7) is 7.92. The van der Waals surface area contributed by atoms with Crippen LogP contribution in [-0.2, 0) is 30.4 Å². The number of amides is 2. The van der Waals surface area contributed by atoms with Crippen molar-refractivity contribution in [2.45, 2.75) is 58.8 Å². The molecule has 1 aliphatic rings. The predicted molar refractivity (Wildman–Crippen MR) is 122 cm³/mol. The van der Waals surface area contributed by atoms with Gasteiger partial charge in [0.05, 0.1) is 25.7 Å². The molecule has 10 heteroatoms. The van der Waals surface area contributed by atoms with E-state index in [1.807, 2.05) is 30.3 Å². The van der Waals surface area contributed by atoms with Crippen molar-refractivity contribution >= 4 is 23.8 Å². The van der Waals surface area contributed by atoms with E-state index in [-0.39, 0.29) is 25.1 Å². The van der Waals surface area contributed by atoms with Crippen LogP contribution >= 0.6 is 0 Å². The summed E-state index contributed by atoms with van der Waals surface area (Å²) in [4.78, 5) is 41.3. The molecule has 33 heavy (non-hydrogen) atoms. The molecule has 1 aromatic carbocycles. The average molecular weight is 463 g/mol. The number of aliphatic imine (C=N–C) groups is 1. The maximum atomic E-state index is 12.8. The summed E-state index contributed by atoms with van der Waals surface area (Å²) in [5.74, 6) is -0.660. The van der Waals surface area contributed by atoms with E-state index >= 15 is 0 Å². The van der Waals surface area contributed by atoms with E-state index in [0.29, 0.717) is 31.8 Å². The van der Waals surface area contributed by atoms with Gasteiger partial charge in [-0.25, -0.2) is 4.79 Å². The van der Waals surface area contributed by atoms with Crippen LogP contribution in [0.1, 0.15) is 46.1 Å². The molecule has 0 saturated carbocycles. The van der Waals surface area contributed by atoms with E-state index in [2.05, 4.69) is 21.2 Å². The number of hydrogen-bond acceptors (Lipinski definition) is 8. The van der Waals surface area contributed by atoms with Crippen LogP contribution in [0.5, 0.6) is 0 Å². The number of rotatable bonds is 8. The number of hydrazine groups is 1. The van der Waals surface area contributed by atoms with E-state index in [1.165, 1.54) is 0 Å². The van der Waals surface area contributed by atoms with E-state index < -0.39 is 23.6 Å². The first-order valence-electron chi connectivity index (χ1n) is 11.0. The fraction of sp³-hybridized carbons (Fsp3) is 0.565. The largest absolute Gasteiger partial charge is 0.466 e. The Bertz CT molecular complexity index is 822. The number of amidine groups is 1. The van der Waals surface area contributed by atoms with Crippen molar-refractivity contribution in [1.82, 2.24) is 16.2 Å². The lowest BCUT2D eigenvalue weighted by molar-refractivity contribution is -0.148. The maximum absolute atomic E-state index is 12.8. The summed E-state index contributed by atoms with van der Waals surface area (Å²) >= 11 is 0. The fourth-order valence-corrected chi connectivity index (χ4v) is 3.03. The highest BCUT2D eigenvalue weighted by molar-refractivity contribution is 5.91. The maximum Gasteiger partial charge on any atom is 0.408 e. The first-order chi connectivity index (χ1) is 15.7. The zero-order valence-corrected chi connectivity index (χ0v) is 19.7. The molecule has 0 fully saturated rings. The number of nitrogens with zero attached hydrogens (tertiary/aromatic N) is 1. The Hall–Kier alpha value is -3.14. The third kappa shape index (κ3) is 9.90. The number of benzene rings is 1. The Kier molecular flexibility index (Phi) is 10.1. The van der Waals surface area contributed by atoms with E-state index in [0.717, 1.165) is 5.56 Å². The number of hydrogen-bond donors (Lipinski definition) is 3. The normalized spacial score (nSPS) is 16.7. The summed E-state index contributed by atoms with van der Waals surface area (Å²) in [5.41, 5.74) is 5.52. The molecule has 1 heterocycles. The molecule has 0 spiro atoms. The van der Waals surface area contributed by atoms with Gasteiger partial charge in [0.1, 0.15) is 17.5 Å². The molecule has 0 bridgehead atoms. The second-order valence-corrected chi connectivity index (χ2v) is 8.58. The van der Waals surface area contributed by atoms with Crippen molar-refractivity contribution in [3.63, 3.8) is 0 Å². The smallest absolute Gasteiger partial charge is 0.408 e. The Balaban J connectivity index is 1.93. The van der Waals surface area contributed by atoms with Gasteiger partial charge in [-0.2, -0.15) is 0 Å². The number of carbonyl (C=O) groups is 3. The second-order valence-electron chi connectivity index (χ2n) is 8.58. The fourth-order valence-electron chi connectivity index (χ4n) is 3.03. The third-order valence-electron chi connectivity index (χ3n) is 4.57. The minimum Gasteiger partial charge on any atom is -0.466 e. The average Bonchev–Trinajstić information content (AvgIpc) is 2.76. The molecule has 1 unspecified atom stereocenters. The van der Waals surface area contributed by atoms with Gasteiger partial charge in [-0.3, -0.25) is 25.4 Å². The van der Waals surface area contributed by atoms with Gasteiger partial charge in [0.15, 0.2) is 0 Å². The van der Waals surface area contributed by atoms with Gasteiger partial charge in [-0.1, -0.05) is 30.3 Å². The molecule has 182 valence electrons. The molecule has 10 nitrogen and oxygen atoms in total. The van der Waals surface area contributed by atoms with Crippen molar-refractivity contribution in [2.75, 3.05) is 19.8 Å². The van der Waals surface area contributed by atoms with E-state index in [9.17, 15) is 14.4 Å². The highest BCUT2D eigenvalue weighted by atomic mass is 16.6. The zero-order chi connectivity index (χ0) is 24.3. The van der Waals surface area contributed by atoms with Crippen LogP contribution in [0.25, 0.3) is 0 Å². The molecule has 1 aliphatic heterocycles. The molecule has 0 radical (unpaired) electrons. The van der Waals surface area contributed by atoms with Gasteiger partial charge in [-0.05, 0) is 39.7 Å². The molecule has 2 rings (SSSR count). The van der Waals surface area contributed by atoms with Crippen molar-refractivity contribution in [3.05, 3.63) is 35.9 Å². The minimum absolute atomic E-state index is 0.0699. The third-order valence-corrected chi connectivity index (χ3v) is 4.57. The van der Waals surface area contributed by atoms with Gasteiger partial charge in [-0.15, -0.1) is 0 Å². The second kappa shape index (κ2) is 12.8. The van der Waals surface area contributed by atoms with Crippen molar-refractivity contribution < 1.29 is 28.6 Å². The molecule has 2 atom stereocenters. The SMILES string of the molecule is CCOC(=O)C1CCN=C(NNC(=O)[C@H](COCc2ccccc2)NC(=O)OC(C)(C)C)C1. The van der Waals surface area contributed by atoms with Gasteiger partial charge >= 0.3 is 12.1 Å². The van der Waals surface area contributed by atoms with Crippen LogP contribution in [0.15, 0.2) is 35.3 Å². The van der Waals surface area contributed by atoms with E-state index in [1.54, 1.807) is 27.7 Å². The monoisotopic (exact) mass is 462 g/mol. The number of carbonyl (C=O) groups excluding carboxylic acids is 3. The van der Waals surface area contributed by atoms with Crippen molar-refractivity contribution in [3.8, 4) is 0 Å². The van der Waals surface area contributed by atoms with Crippen LogP contribution in [0.4, 0.5) is 4.79 Å². The molecule has 0 saturated heterocycles. The van der Waals surface area contributed by atoms with Gasteiger partial charge in [0, 0.05) is 13.0 Å². The van der Waals surface area contributed by atoms with Crippen LogP contribution in [-0.4, -0.2) is 55.2 Å². The molecule has 1 aromatic rings. The Morgan fingerprint density at radius 3 is 2.58 bits per heavy atom. The number of alkyl carbamates (subject to hydrolysis) is 1. The summed E-state index contributed by atoms with van der Waals surface area (Å²) < 4.78 is 16.0. The summed E-state index contributed by atoms with van der Waals surface area (Å²) in [6.07, 6.45) is 0.186. The zero-order valence-electron chi connectivity index (χ0n) is 19.7. The Morgan fingerprint density at radius 2 is 1.91 bits per heavy atom. The summed E-state index contributed by atoms with van der Waals surface area (Å²) in [6, 6.07) is 8.47. The molecular formula is C23H34N4O6. The van der Waals surface area contributed by atoms with E-state index in [4.69, 9.17) is 14.2 Å². The predicted octanol–water partition coefficient (Wildman–Crippen LogP) is 2.09. The van der Waals surface area contributed by atoms with Gasteiger partial charge < -0.3 is 19.5 Å². The van der Waals surface area contributed by atoms with Crippen LogP contribution in [0.2, 0.25) is 0 Å². The standard InChI is InChI=1S/C23H34N4O6/c1-5-32-21(29)17-11-12-24-19(13-17)26-27-20(28)18(25-22(30)33-23(2,3)4)15-31-14-16-9-7-6-8-10-16/h6-10,17-18H,5,11-15H2,1-4H3,(H,24,26)(H,25,30)(H,27,28)/t17?,18-/m0/s1. The first-order valence-corrected chi connectivity index (χ1v) is 11.0. The molecule has 0 aromatic heterocycles. The van der Waals surface area contributed by atoms with Crippen molar-refractivity contribution in [2.24, 2.45) is 10.9 Å². The summed E-state index contributed by atoms with van der Waals surface area (Å²) in [7, 11) is 0. The number of nitrogens with one attached hydrogen (secondary N) is 3. The van der Waals surface area contributed by atoms with Gasteiger partial charge in [0.2, 0.25) is 0 Å². The lowest BCUT2D eigenvalue weighted by Crippen LogP contribution is -2.55. The van der Waals surface area contributed by atoms with Crippen LogP contribution in [0.3, 0.4) is 0 Å². The topological polar surface area (TPSA) is 127 Å². The van der Waals surface area contributed by atoms with Crippen molar-refractivity contribution in [1.29, 1.82) is 0 Å². The lowest BCUT2D eigenvalue weighted by atomic mass is 9.99. The number of ether oxygens (including phenoxy) is 3. The lowest BCUT2D eigenvalue weighted by Gasteiger charge is -2.25. The Labute approximate surface area is 194 Å². The molecule has 3 N–H and O–H groups in total. The highest BCUT2D eigenvalue weighted by Gasteiger charge is 2.27. The first kappa shape index (κ1) is 26.1. The van der Waals surface area contributed by atoms with Crippen LogP contribution in [0, 0.1) is 5.92 Å². The molecule has 0 aliphatic carbocycles. The Morgan fingerprint density at radius 1 is 1.18 bits per heavy atom. The van der Waals surface area contributed by atoms with Crippen LogP contribution < -0.4 is 16.2 Å². The van der Waals surface area contributed by atoms with Gasteiger partial charge in [0.25, 0.3) is 5.91 Å². The molecular weight excluding hydrogens is 428 g/mol. The molecule has 2 amide bonds. The number of esters is 1. The minimum atomic E-state index is -1.01. The highest BCUT2D eigenvalue weighted by Crippen LogP contribution is 2.16. The summed E-state index contributed by atoms with van der Waals surface area (Å²) in [5, 5.41) is 2.54.